The second-order valence-corrected chi connectivity index (χ2v) is 7.46. The van der Waals surface area contributed by atoms with Crippen molar-refractivity contribution in [1.82, 2.24) is 4.90 Å². The normalized spacial score (nSPS) is 14.7. The van der Waals surface area contributed by atoms with Crippen LogP contribution in [0.2, 0.25) is 0 Å². The Hall–Kier alpha value is -2.13. The van der Waals surface area contributed by atoms with Crippen LogP contribution in [-0.2, 0) is 11.2 Å². The Morgan fingerprint density at radius 3 is 2.31 bits per heavy atom. The summed E-state index contributed by atoms with van der Waals surface area (Å²) in [7, 11) is 0. The number of aryl methyl sites for hydroxylation is 2. The monoisotopic (exact) mass is 350 g/mol. The first-order valence-corrected chi connectivity index (χ1v) is 9.77. The van der Waals surface area contributed by atoms with Crippen molar-refractivity contribution in [3.63, 3.8) is 0 Å². The molecule has 0 heterocycles. The van der Waals surface area contributed by atoms with E-state index in [9.17, 15) is 4.79 Å². The van der Waals surface area contributed by atoms with Gasteiger partial charge < -0.3 is 5.32 Å². The fourth-order valence-corrected chi connectivity index (χ4v) is 3.95. The molecule has 1 aliphatic rings. The Kier molecular flexibility index (Phi) is 6.45. The smallest absolute Gasteiger partial charge is 0.238 e. The molecule has 0 atom stereocenters. The molecule has 3 nitrogen and oxygen atoms in total. The van der Waals surface area contributed by atoms with E-state index in [1.165, 1.54) is 31.2 Å². The quantitative estimate of drug-likeness (QED) is 0.783. The molecule has 0 radical (unpaired) electrons. The Bertz CT molecular complexity index is 700. The lowest BCUT2D eigenvalue weighted by molar-refractivity contribution is -0.117. The SMILES string of the molecule is Cc1cccc(C)c1NC(=O)CN(CCc1ccccc1)C1CCCC1. The number of nitrogens with one attached hydrogen (secondary N) is 1. The molecule has 2 aromatic rings. The topological polar surface area (TPSA) is 32.3 Å². The zero-order valence-corrected chi connectivity index (χ0v) is 16.0. The molecule has 0 saturated heterocycles. The maximum atomic E-state index is 12.7. The van der Waals surface area contributed by atoms with E-state index in [2.05, 4.69) is 40.5 Å². The van der Waals surface area contributed by atoms with Gasteiger partial charge in [0.05, 0.1) is 6.54 Å². The first kappa shape index (κ1) is 18.7. The molecule has 138 valence electrons. The van der Waals surface area contributed by atoms with E-state index < -0.39 is 0 Å². The molecule has 0 bridgehead atoms. The maximum Gasteiger partial charge on any atom is 0.238 e. The number of nitrogens with zero attached hydrogens (tertiary/aromatic N) is 1. The van der Waals surface area contributed by atoms with Gasteiger partial charge in [0, 0.05) is 18.3 Å². The first-order valence-electron chi connectivity index (χ1n) is 9.77. The van der Waals surface area contributed by atoms with Crippen LogP contribution in [0.5, 0.6) is 0 Å². The van der Waals surface area contributed by atoms with E-state index in [4.69, 9.17) is 0 Å². The lowest BCUT2D eigenvalue weighted by Crippen LogP contribution is -2.41. The van der Waals surface area contributed by atoms with Crippen molar-refractivity contribution < 1.29 is 4.79 Å². The van der Waals surface area contributed by atoms with Crippen LogP contribution >= 0.6 is 0 Å². The molecule has 1 N–H and O–H groups in total. The van der Waals surface area contributed by atoms with E-state index in [0.29, 0.717) is 12.6 Å². The van der Waals surface area contributed by atoms with Crippen molar-refractivity contribution in [1.29, 1.82) is 0 Å². The fourth-order valence-electron chi connectivity index (χ4n) is 3.95. The molecule has 0 aliphatic heterocycles. The third-order valence-electron chi connectivity index (χ3n) is 5.46. The van der Waals surface area contributed by atoms with Gasteiger partial charge >= 0.3 is 0 Å². The van der Waals surface area contributed by atoms with Gasteiger partial charge in [-0.2, -0.15) is 0 Å². The summed E-state index contributed by atoms with van der Waals surface area (Å²) < 4.78 is 0. The van der Waals surface area contributed by atoms with Crippen molar-refractivity contribution in [2.24, 2.45) is 0 Å². The van der Waals surface area contributed by atoms with Gasteiger partial charge in [-0.15, -0.1) is 0 Å². The molecule has 0 aromatic heterocycles. The predicted molar refractivity (Wildman–Crippen MR) is 109 cm³/mol. The van der Waals surface area contributed by atoms with Crippen molar-refractivity contribution in [3.8, 4) is 0 Å². The highest BCUT2D eigenvalue weighted by atomic mass is 16.2. The molecule has 0 unspecified atom stereocenters. The van der Waals surface area contributed by atoms with Crippen LogP contribution < -0.4 is 5.32 Å². The van der Waals surface area contributed by atoms with Crippen LogP contribution in [0.4, 0.5) is 5.69 Å². The molecule has 0 spiro atoms. The summed E-state index contributed by atoms with van der Waals surface area (Å²) in [6, 6.07) is 17.2. The van der Waals surface area contributed by atoms with Gasteiger partial charge in [-0.25, -0.2) is 0 Å². The number of amides is 1. The molecular weight excluding hydrogens is 320 g/mol. The van der Waals surface area contributed by atoms with Gasteiger partial charge in [-0.05, 0) is 49.8 Å². The minimum Gasteiger partial charge on any atom is -0.324 e. The molecule has 1 aliphatic carbocycles. The molecule has 1 fully saturated rings. The summed E-state index contributed by atoms with van der Waals surface area (Å²) in [5.74, 6) is 0.0994. The summed E-state index contributed by atoms with van der Waals surface area (Å²) >= 11 is 0. The number of carbonyl (C=O) groups is 1. The van der Waals surface area contributed by atoms with Crippen LogP contribution in [0, 0.1) is 13.8 Å². The van der Waals surface area contributed by atoms with Gasteiger partial charge in [-0.1, -0.05) is 61.4 Å². The summed E-state index contributed by atoms with van der Waals surface area (Å²) in [6.07, 6.45) is 5.99. The summed E-state index contributed by atoms with van der Waals surface area (Å²) in [4.78, 5) is 15.1. The Morgan fingerprint density at radius 1 is 1.00 bits per heavy atom. The maximum absolute atomic E-state index is 12.7. The number of hydrogen-bond acceptors (Lipinski definition) is 2. The van der Waals surface area contributed by atoms with E-state index in [1.54, 1.807) is 0 Å². The number of carbonyl (C=O) groups excluding carboxylic acids is 1. The average Bonchev–Trinajstić information content (AvgIpc) is 3.17. The third kappa shape index (κ3) is 4.95. The lowest BCUT2D eigenvalue weighted by atomic mass is 10.1. The zero-order chi connectivity index (χ0) is 18.4. The largest absolute Gasteiger partial charge is 0.324 e. The van der Waals surface area contributed by atoms with E-state index in [1.807, 2.05) is 32.0 Å². The first-order chi connectivity index (χ1) is 12.6. The van der Waals surface area contributed by atoms with Crippen LogP contribution in [0.15, 0.2) is 48.5 Å². The molecule has 1 saturated carbocycles. The number of anilines is 1. The Labute approximate surface area is 157 Å². The van der Waals surface area contributed by atoms with Gasteiger partial charge in [0.25, 0.3) is 0 Å². The van der Waals surface area contributed by atoms with Crippen molar-refractivity contribution >= 4 is 11.6 Å². The van der Waals surface area contributed by atoms with Gasteiger partial charge in [0.1, 0.15) is 0 Å². The van der Waals surface area contributed by atoms with Crippen molar-refractivity contribution in [2.45, 2.75) is 52.0 Å². The highest BCUT2D eigenvalue weighted by Gasteiger charge is 2.24. The molecule has 3 heteroatoms. The number of benzene rings is 2. The molecular formula is C23H30N2O. The van der Waals surface area contributed by atoms with Gasteiger partial charge in [0.15, 0.2) is 0 Å². The summed E-state index contributed by atoms with van der Waals surface area (Å²) in [5, 5.41) is 3.15. The van der Waals surface area contributed by atoms with Crippen LogP contribution in [-0.4, -0.2) is 29.9 Å². The van der Waals surface area contributed by atoms with E-state index >= 15 is 0 Å². The molecule has 1 amide bonds. The minimum absolute atomic E-state index is 0.0994. The second kappa shape index (κ2) is 9.00. The zero-order valence-electron chi connectivity index (χ0n) is 16.0. The lowest BCUT2D eigenvalue weighted by Gasteiger charge is -2.28. The second-order valence-electron chi connectivity index (χ2n) is 7.46. The number of hydrogen-bond donors (Lipinski definition) is 1. The van der Waals surface area contributed by atoms with Crippen LogP contribution in [0.1, 0.15) is 42.4 Å². The Balaban J connectivity index is 1.64. The van der Waals surface area contributed by atoms with E-state index in [0.717, 1.165) is 29.8 Å². The minimum atomic E-state index is 0.0994. The highest BCUT2D eigenvalue weighted by Crippen LogP contribution is 2.24. The fraction of sp³-hybridized carbons (Fsp3) is 0.435. The van der Waals surface area contributed by atoms with Crippen molar-refractivity contribution in [3.05, 3.63) is 65.2 Å². The van der Waals surface area contributed by atoms with Crippen LogP contribution in [0.25, 0.3) is 0 Å². The van der Waals surface area contributed by atoms with Gasteiger partial charge in [-0.3, -0.25) is 9.69 Å². The molecule has 2 aromatic carbocycles. The van der Waals surface area contributed by atoms with Gasteiger partial charge in [0.2, 0.25) is 5.91 Å². The van der Waals surface area contributed by atoms with E-state index in [-0.39, 0.29) is 5.91 Å². The van der Waals surface area contributed by atoms with Crippen molar-refractivity contribution in [2.75, 3.05) is 18.4 Å². The average molecular weight is 351 g/mol. The van der Waals surface area contributed by atoms with Crippen LogP contribution in [0.3, 0.4) is 0 Å². The highest BCUT2D eigenvalue weighted by molar-refractivity contribution is 5.93. The standard InChI is InChI=1S/C23H30N2O/c1-18-9-8-10-19(2)23(18)24-22(26)17-25(21-13-6-7-14-21)16-15-20-11-4-3-5-12-20/h3-5,8-12,21H,6-7,13-17H2,1-2H3,(H,24,26). The summed E-state index contributed by atoms with van der Waals surface area (Å²) in [5.41, 5.74) is 4.54. The summed E-state index contributed by atoms with van der Waals surface area (Å²) in [6.45, 7) is 5.51. The number of para-hydroxylation sites is 1. The Morgan fingerprint density at radius 2 is 1.65 bits per heavy atom. The number of rotatable bonds is 7. The molecule has 3 rings (SSSR count). The third-order valence-corrected chi connectivity index (χ3v) is 5.46. The molecule has 26 heavy (non-hydrogen) atoms. The predicted octanol–water partition coefficient (Wildman–Crippen LogP) is 4.73.